The maximum atomic E-state index is 11.2. The number of aromatic carboxylic acids is 1. The van der Waals surface area contributed by atoms with E-state index in [0.29, 0.717) is 16.4 Å². The molecule has 0 aliphatic rings. The zero-order valence-electron chi connectivity index (χ0n) is 12.1. The van der Waals surface area contributed by atoms with Gasteiger partial charge < -0.3 is 5.11 Å². The van der Waals surface area contributed by atoms with Crippen molar-refractivity contribution in [2.45, 2.75) is 9.79 Å². The third kappa shape index (κ3) is 3.08. The first-order chi connectivity index (χ1) is 11.1. The van der Waals surface area contributed by atoms with Gasteiger partial charge in [-0.05, 0) is 45.6 Å². The van der Waals surface area contributed by atoms with E-state index in [-0.39, 0.29) is 5.56 Å². The molecule has 0 fully saturated rings. The van der Waals surface area contributed by atoms with Gasteiger partial charge in [0.2, 0.25) is 0 Å². The van der Waals surface area contributed by atoms with Crippen molar-refractivity contribution < 1.29 is 14.7 Å². The van der Waals surface area contributed by atoms with Crippen LogP contribution in [0, 0.1) is 0 Å². The Kier molecular flexibility index (Phi) is 4.35. The van der Waals surface area contributed by atoms with Crippen LogP contribution in [0.25, 0.3) is 17.1 Å². The minimum Gasteiger partial charge on any atom is -0.478 e. The first kappa shape index (κ1) is 15.6. The van der Waals surface area contributed by atoms with Gasteiger partial charge in [-0.1, -0.05) is 12.1 Å². The number of carboxylic acids is 1. The number of hydrogen-bond acceptors (Lipinski definition) is 5. The standard InChI is InChI=1S/C15H12N4O2S2/c1-23-13-8-9(6-7-11(13)15(20)21)19-17-14(16-18-19)10-4-2-3-5-12(10)22/h2-8H,1H3,(H2,17,20,21,22)/p+1. The van der Waals surface area contributed by atoms with Crippen LogP contribution in [0.1, 0.15) is 10.4 Å². The number of thiol groups is 1. The largest absolute Gasteiger partial charge is 0.478 e. The summed E-state index contributed by atoms with van der Waals surface area (Å²) in [5.41, 5.74) is 1.79. The van der Waals surface area contributed by atoms with Gasteiger partial charge in [0.25, 0.3) is 0 Å². The maximum absolute atomic E-state index is 11.2. The number of nitrogens with one attached hydrogen (secondary N) is 1. The monoisotopic (exact) mass is 345 g/mol. The molecule has 2 N–H and O–H groups in total. The molecule has 116 valence electrons. The van der Waals surface area contributed by atoms with Crippen LogP contribution in [-0.4, -0.2) is 32.7 Å². The van der Waals surface area contributed by atoms with Crippen molar-refractivity contribution in [2.24, 2.45) is 0 Å². The molecule has 0 saturated heterocycles. The van der Waals surface area contributed by atoms with Gasteiger partial charge in [-0.25, -0.2) is 4.79 Å². The molecule has 2 aromatic carbocycles. The van der Waals surface area contributed by atoms with Crippen molar-refractivity contribution in [1.29, 1.82) is 0 Å². The first-order valence-electron chi connectivity index (χ1n) is 6.65. The summed E-state index contributed by atoms with van der Waals surface area (Å²) in [7, 11) is 0. The number of carboxylic acid groups (broad SMARTS) is 1. The number of nitrogens with zero attached hydrogens (tertiary/aromatic N) is 3. The van der Waals surface area contributed by atoms with Crippen LogP contribution in [-0.2, 0) is 0 Å². The minimum absolute atomic E-state index is 0.266. The van der Waals surface area contributed by atoms with E-state index >= 15 is 0 Å². The topological polar surface area (TPSA) is 82.8 Å². The summed E-state index contributed by atoms with van der Waals surface area (Å²) in [5, 5.41) is 20.6. The highest BCUT2D eigenvalue weighted by Crippen LogP contribution is 2.23. The molecule has 1 aromatic heterocycles. The molecule has 0 radical (unpaired) electrons. The fraction of sp³-hybridized carbons (Fsp3) is 0.0667. The normalized spacial score (nSPS) is 10.7. The number of rotatable bonds is 4. The van der Waals surface area contributed by atoms with Crippen LogP contribution < -0.4 is 4.80 Å². The Bertz CT molecular complexity index is 879. The lowest BCUT2D eigenvalue weighted by Gasteiger charge is -2.02. The molecule has 23 heavy (non-hydrogen) atoms. The van der Waals surface area contributed by atoms with Gasteiger partial charge >= 0.3 is 11.8 Å². The van der Waals surface area contributed by atoms with Crippen LogP contribution in [0.4, 0.5) is 0 Å². The number of carbonyl (C=O) groups is 1. The van der Waals surface area contributed by atoms with Crippen LogP contribution in [0.3, 0.4) is 0 Å². The lowest BCUT2D eigenvalue weighted by atomic mass is 10.2. The average molecular weight is 345 g/mol. The number of thioether (sulfide) groups is 1. The molecule has 0 aliphatic heterocycles. The van der Waals surface area contributed by atoms with E-state index in [1.54, 1.807) is 18.2 Å². The Labute approximate surface area is 141 Å². The number of aromatic nitrogens is 4. The van der Waals surface area contributed by atoms with Gasteiger partial charge in [0.1, 0.15) is 0 Å². The minimum atomic E-state index is -0.951. The average Bonchev–Trinajstić information content (AvgIpc) is 3.04. The summed E-state index contributed by atoms with van der Waals surface area (Å²) < 4.78 is 0. The molecule has 0 atom stereocenters. The van der Waals surface area contributed by atoms with Crippen molar-refractivity contribution >= 4 is 30.4 Å². The molecular weight excluding hydrogens is 332 g/mol. The van der Waals surface area contributed by atoms with E-state index in [9.17, 15) is 9.90 Å². The summed E-state index contributed by atoms with van der Waals surface area (Å²) >= 11 is 5.77. The van der Waals surface area contributed by atoms with Gasteiger partial charge in [-0.3, -0.25) is 0 Å². The summed E-state index contributed by atoms with van der Waals surface area (Å²) in [5.74, 6) is -0.434. The zero-order valence-corrected chi connectivity index (χ0v) is 13.8. The van der Waals surface area contributed by atoms with Crippen molar-refractivity contribution in [3.63, 3.8) is 0 Å². The van der Waals surface area contributed by atoms with Crippen molar-refractivity contribution in [2.75, 3.05) is 6.26 Å². The summed E-state index contributed by atoms with van der Waals surface area (Å²) in [6, 6.07) is 12.5. The fourth-order valence-corrected chi connectivity index (χ4v) is 2.99. The second kappa shape index (κ2) is 6.43. The van der Waals surface area contributed by atoms with E-state index in [1.807, 2.05) is 30.5 Å². The predicted octanol–water partition coefficient (Wildman–Crippen LogP) is 2.46. The van der Waals surface area contributed by atoms with Crippen LogP contribution in [0.2, 0.25) is 0 Å². The SMILES string of the molecule is CSc1cc(-[n+]2nc(-c3ccccc3S)n[nH]2)ccc1C(=O)O. The number of tetrazole rings is 1. The van der Waals surface area contributed by atoms with Gasteiger partial charge in [-0.2, -0.15) is 0 Å². The molecule has 0 amide bonds. The van der Waals surface area contributed by atoms with Gasteiger partial charge in [0.05, 0.1) is 16.2 Å². The van der Waals surface area contributed by atoms with Crippen LogP contribution >= 0.6 is 24.4 Å². The predicted molar refractivity (Wildman–Crippen MR) is 89.3 cm³/mol. The van der Waals surface area contributed by atoms with Crippen LogP contribution in [0.5, 0.6) is 0 Å². The van der Waals surface area contributed by atoms with Crippen molar-refractivity contribution in [1.82, 2.24) is 15.4 Å². The maximum Gasteiger partial charge on any atom is 0.340 e. The highest BCUT2D eigenvalue weighted by Gasteiger charge is 2.19. The number of hydrogen-bond donors (Lipinski definition) is 3. The lowest BCUT2D eigenvalue weighted by Crippen LogP contribution is -2.36. The van der Waals surface area contributed by atoms with Crippen molar-refractivity contribution in [3.8, 4) is 17.1 Å². The number of H-pyrrole nitrogens is 1. The second-order valence-electron chi connectivity index (χ2n) is 4.65. The third-order valence-corrected chi connectivity index (χ3v) is 4.42. The van der Waals surface area contributed by atoms with E-state index in [4.69, 9.17) is 0 Å². The summed E-state index contributed by atoms with van der Waals surface area (Å²) in [6.07, 6.45) is 1.83. The van der Waals surface area contributed by atoms with Gasteiger partial charge in [0.15, 0.2) is 5.69 Å². The molecule has 0 spiro atoms. The fourth-order valence-electron chi connectivity index (χ4n) is 2.11. The molecule has 1 heterocycles. The summed E-state index contributed by atoms with van der Waals surface area (Å²) in [4.78, 5) is 14.1. The van der Waals surface area contributed by atoms with Crippen LogP contribution in [0.15, 0.2) is 52.3 Å². The number of aromatic amines is 1. The number of benzene rings is 2. The lowest BCUT2D eigenvalue weighted by molar-refractivity contribution is -0.716. The molecule has 3 rings (SSSR count). The van der Waals surface area contributed by atoms with E-state index in [2.05, 4.69) is 28.0 Å². The quantitative estimate of drug-likeness (QED) is 0.384. The molecule has 0 unspecified atom stereocenters. The molecular formula is C15H13N4O2S2+. The zero-order chi connectivity index (χ0) is 16.4. The highest BCUT2D eigenvalue weighted by molar-refractivity contribution is 7.98. The molecule has 0 aliphatic carbocycles. The molecule has 6 nitrogen and oxygen atoms in total. The Morgan fingerprint density at radius 1 is 1.30 bits per heavy atom. The second-order valence-corrected chi connectivity index (χ2v) is 5.98. The Morgan fingerprint density at radius 2 is 2.09 bits per heavy atom. The molecule has 0 bridgehead atoms. The Hall–Kier alpha value is -2.32. The smallest absolute Gasteiger partial charge is 0.340 e. The van der Waals surface area contributed by atoms with Gasteiger partial charge in [-0.15, -0.1) is 24.4 Å². The Morgan fingerprint density at radius 3 is 2.78 bits per heavy atom. The van der Waals surface area contributed by atoms with E-state index < -0.39 is 5.97 Å². The highest BCUT2D eigenvalue weighted by atomic mass is 32.2. The molecule has 0 saturated carbocycles. The van der Waals surface area contributed by atoms with E-state index in [1.165, 1.54) is 16.6 Å². The first-order valence-corrected chi connectivity index (χ1v) is 8.32. The third-order valence-electron chi connectivity index (χ3n) is 3.25. The van der Waals surface area contributed by atoms with Crippen molar-refractivity contribution in [3.05, 3.63) is 48.0 Å². The summed E-state index contributed by atoms with van der Waals surface area (Å²) in [6.45, 7) is 0. The van der Waals surface area contributed by atoms with Gasteiger partial charge in [0, 0.05) is 15.9 Å². The Balaban J connectivity index is 2.01. The van der Waals surface area contributed by atoms with E-state index in [0.717, 1.165) is 10.5 Å². The molecule has 8 heteroatoms. The molecule has 3 aromatic rings.